The third-order valence-corrected chi connectivity index (χ3v) is 13.0. The Morgan fingerprint density at radius 2 is 1.48 bits per heavy atom. The number of carbonyl (C=O) groups is 1. The number of amides is 1. The van der Waals surface area contributed by atoms with E-state index < -0.39 is 20.0 Å². The Morgan fingerprint density at radius 3 is 2.10 bits per heavy atom. The highest BCUT2D eigenvalue weighted by Crippen LogP contribution is 2.35. The molecular weight excluding hydrogens is 593 g/mol. The van der Waals surface area contributed by atoms with Crippen molar-refractivity contribution >= 4 is 48.1 Å². The maximum atomic E-state index is 13.8. The normalized spacial score (nSPS) is 19.8. The molecule has 1 amide bonds. The maximum Gasteiger partial charge on any atom is 0.279 e. The van der Waals surface area contributed by atoms with E-state index in [9.17, 15) is 21.6 Å². The monoisotopic (exact) mass is 622 g/mol. The molecule has 0 spiro atoms. The Kier molecular flexibility index (Phi) is 7.64. The molecule has 2 aliphatic rings. The van der Waals surface area contributed by atoms with Crippen LogP contribution in [0.25, 0.3) is 0 Å². The second-order valence-electron chi connectivity index (χ2n) is 10.5. The third kappa shape index (κ3) is 5.24. The molecule has 0 N–H and O–H groups in total. The number of benzene rings is 3. The Labute approximate surface area is 250 Å². The average molecular weight is 623 g/mol. The molecule has 218 valence electrons. The molecule has 0 saturated carbocycles. The molecule has 1 aromatic heterocycles. The molecular formula is C30H30N4O5S3. The molecule has 12 heteroatoms. The first-order valence-corrected chi connectivity index (χ1v) is 17.4. The number of aromatic nitrogens is 1. The van der Waals surface area contributed by atoms with Gasteiger partial charge in [-0.3, -0.25) is 9.69 Å². The zero-order valence-corrected chi connectivity index (χ0v) is 25.4. The molecule has 2 atom stereocenters. The van der Waals surface area contributed by atoms with E-state index >= 15 is 0 Å². The van der Waals surface area contributed by atoms with Crippen LogP contribution in [0.5, 0.6) is 0 Å². The average Bonchev–Trinajstić information content (AvgIpc) is 3.76. The fourth-order valence-electron chi connectivity index (χ4n) is 5.67. The van der Waals surface area contributed by atoms with Gasteiger partial charge in [0.05, 0.1) is 15.8 Å². The summed E-state index contributed by atoms with van der Waals surface area (Å²) in [5.41, 5.74) is 2.70. The predicted molar refractivity (Wildman–Crippen MR) is 163 cm³/mol. The lowest BCUT2D eigenvalue weighted by Crippen LogP contribution is -2.40. The molecule has 6 rings (SSSR count). The van der Waals surface area contributed by atoms with Crippen molar-refractivity contribution in [1.29, 1.82) is 0 Å². The van der Waals surface area contributed by atoms with Crippen molar-refractivity contribution in [3.05, 3.63) is 102 Å². The van der Waals surface area contributed by atoms with Crippen LogP contribution in [0.1, 0.15) is 29.9 Å². The Bertz CT molecular complexity index is 1780. The number of nitrogens with zero attached hydrogens (tertiary/aromatic N) is 4. The van der Waals surface area contributed by atoms with Crippen molar-refractivity contribution in [2.24, 2.45) is 0 Å². The minimum atomic E-state index is -4.57. The minimum Gasteiger partial charge on any atom is -0.311 e. The minimum absolute atomic E-state index is 0.00863. The molecule has 42 heavy (non-hydrogen) atoms. The van der Waals surface area contributed by atoms with Crippen LogP contribution in [0, 0.1) is 6.92 Å². The van der Waals surface area contributed by atoms with Crippen molar-refractivity contribution in [1.82, 2.24) is 9.88 Å². The van der Waals surface area contributed by atoms with Crippen LogP contribution in [0.2, 0.25) is 0 Å². The maximum absolute atomic E-state index is 13.8. The van der Waals surface area contributed by atoms with Crippen molar-refractivity contribution in [2.75, 3.05) is 28.2 Å². The van der Waals surface area contributed by atoms with E-state index in [1.165, 1.54) is 41.4 Å². The summed E-state index contributed by atoms with van der Waals surface area (Å²) in [6.07, 6.45) is 3.04. The molecule has 2 aliphatic heterocycles. The molecule has 3 aromatic carbocycles. The lowest BCUT2D eigenvalue weighted by atomic mass is 9.99. The van der Waals surface area contributed by atoms with Gasteiger partial charge in [0.2, 0.25) is 11.0 Å². The van der Waals surface area contributed by atoms with Crippen molar-refractivity contribution < 1.29 is 21.6 Å². The summed E-state index contributed by atoms with van der Waals surface area (Å²) in [6.45, 7) is 4.01. The fraction of sp³-hybridized carbons (Fsp3) is 0.267. The highest BCUT2D eigenvalue weighted by atomic mass is 32.3. The van der Waals surface area contributed by atoms with Crippen molar-refractivity contribution in [3.63, 3.8) is 0 Å². The number of aryl methyl sites for hydroxylation is 1. The number of anilines is 2. The van der Waals surface area contributed by atoms with E-state index in [0.29, 0.717) is 28.3 Å². The molecule has 2 fully saturated rings. The first-order chi connectivity index (χ1) is 20.2. The fourth-order valence-corrected chi connectivity index (χ4v) is 10.4. The van der Waals surface area contributed by atoms with E-state index in [1.807, 2.05) is 25.1 Å². The second kappa shape index (κ2) is 11.3. The zero-order chi connectivity index (χ0) is 29.5. The van der Waals surface area contributed by atoms with Crippen LogP contribution in [0.3, 0.4) is 0 Å². The smallest absolute Gasteiger partial charge is 0.279 e. The molecule has 2 saturated heterocycles. The second-order valence-corrected chi connectivity index (χ2v) is 15.2. The van der Waals surface area contributed by atoms with Gasteiger partial charge in [0, 0.05) is 30.4 Å². The first kappa shape index (κ1) is 28.5. The largest absolute Gasteiger partial charge is 0.311 e. The molecule has 0 bridgehead atoms. The van der Waals surface area contributed by atoms with Gasteiger partial charge in [-0.25, -0.2) is 4.98 Å². The predicted octanol–water partition coefficient (Wildman–Crippen LogP) is 4.63. The summed E-state index contributed by atoms with van der Waals surface area (Å²) < 4.78 is 55.2. The van der Waals surface area contributed by atoms with Crippen LogP contribution >= 0.6 is 11.3 Å². The Morgan fingerprint density at radius 1 is 0.833 bits per heavy atom. The highest BCUT2D eigenvalue weighted by molar-refractivity contribution is 8.10. The van der Waals surface area contributed by atoms with Crippen molar-refractivity contribution in [3.8, 4) is 0 Å². The number of thiazole rings is 1. The zero-order valence-electron chi connectivity index (χ0n) is 22.9. The standard InChI is InChI=1S/C30H30N4O5S3/c1-22-7-11-26(12-8-22)41(36,37)34(30-31-17-20-40-30)42(38,39)27-13-9-25(10-14-27)33-19-16-28(29(33)35)32-18-15-24(21-32)23-5-3-2-4-6-23/h2-14,17,20,24,28H,15-16,18-19,21H2,1H3. The topological polar surface area (TPSA) is 108 Å². The lowest BCUT2D eigenvalue weighted by Gasteiger charge is -2.24. The van der Waals surface area contributed by atoms with Crippen LogP contribution in [-0.4, -0.2) is 58.3 Å². The summed E-state index contributed by atoms with van der Waals surface area (Å²) in [4.78, 5) is 21.0. The number of sulfonamides is 2. The summed E-state index contributed by atoms with van der Waals surface area (Å²) in [5.74, 6) is 0.389. The number of likely N-dealkylation sites (tertiary alicyclic amines) is 1. The highest BCUT2D eigenvalue weighted by Gasteiger charge is 2.41. The Hall–Kier alpha value is -3.58. The van der Waals surface area contributed by atoms with E-state index in [1.54, 1.807) is 29.2 Å². The lowest BCUT2D eigenvalue weighted by molar-refractivity contribution is -0.121. The van der Waals surface area contributed by atoms with Gasteiger partial charge in [-0.05, 0) is 74.2 Å². The third-order valence-electron chi connectivity index (χ3n) is 7.89. The molecule has 4 aromatic rings. The number of rotatable bonds is 8. The van der Waals surface area contributed by atoms with E-state index in [0.717, 1.165) is 36.4 Å². The van der Waals surface area contributed by atoms with Gasteiger partial charge in [-0.1, -0.05) is 48.0 Å². The summed E-state index contributed by atoms with van der Waals surface area (Å²) in [5, 5.41) is 1.33. The van der Waals surface area contributed by atoms with Gasteiger partial charge >= 0.3 is 0 Å². The van der Waals surface area contributed by atoms with Gasteiger partial charge in [-0.15, -0.1) is 15.0 Å². The van der Waals surface area contributed by atoms with E-state index in [-0.39, 0.29) is 26.9 Å². The molecule has 2 unspecified atom stereocenters. The number of hydrogen-bond donors (Lipinski definition) is 0. The van der Waals surface area contributed by atoms with Gasteiger partial charge in [-0.2, -0.15) is 16.8 Å². The van der Waals surface area contributed by atoms with Crippen molar-refractivity contribution in [2.45, 2.75) is 41.5 Å². The van der Waals surface area contributed by atoms with Gasteiger partial charge < -0.3 is 4.90 Å². The number of carbonyl (C=O) groups excluding carboxylic acids is 1. The summed E-state index contributed by atoms with van der Waals surface area (Å²) >= 11 is 0.911. The molecule has 9 nitrogen and oxygen atoms in total. The van der Waals surface area contributed by atoms with Gasteiger partial charge in [0.15, 0.2) is 0 Å². The van der Waals surface area contributed by atoms with Crippen LogP contribution < -0.4 is 8.61 Å². The van der Waals surface area contributed by atoms with Crippen LogP contribution in [0.4, 0.5) is 10.8 Å². The first-order valence-electron chi connectivity index (χ1n) is 13.6. The summed E-state index contributed by atoms with van der Waals surface area (Å²) in [7, 11) is -9.07. The van der Waals surface area contributed by atoms with Crippen LogP contribution in [0.15, 0.2) is 100 Å². The SMILES string of the molecule is Cc1ccc(S(=O)(=O)N(c2nccs2)S(=O)(=O)c2ccc(N3CCC(N4CCC(c5ccccc5)C4)C3=O)cc2)cc1. The van der Waals surface area contributed by atoms with Gasteiger partial charge in [0.25, 0.3) is 20.0 Å². The van der Waals surface area contributed by atoms with E-state index in [4.69, 9.17) is 0 Å². The van der Waals surface area contributed by atoms with Gasteiger partial charge in [0.1, 0.15) is 0 Å². The molecule has 0 radical (unpaired) electrons. The molecule has 0 aliphatic carbocycles. The quantitative estimate of drug-likeness (QED) is 0.282. The number of hydrogen-bond acceptors (Lipinski definition) is 8. The van der Waals surface area contributed by atoms with E-state index in [2.05, 4.69) is 22.0 Å². The van der Waals surface area contributed by atoms with Crippen LogP contribution in [-0.2, 0) is 24.8 Å². The Balaban J connectivity index is 1.22. The summed E-state index contributed by atoms with van der Waals surface area (Å²) in [6, 6.07) is 21.9. The molecule has 3 heterocycles.